The SMILES string of the molecule is CN1CCN(c2ccc(NC(=O)Cc3ccccc3F)nn2)CC1. The highest BCUT2D eigenvalue weighted by Crippen LogP contribution is 2.14. The molecule has 0 radical (unpaired) electrons. The third kappa shape index (κ3) is 4.05. The van der Waals surface area contributed by atoms with Crippen LogP contribution in [0.3, 0.4) is 0 Å². The van der Waals surface area contributed by atoms with Gasteiger partial charge in [-0.1, -0.05) is 18.2 Å². The van der Waals surface area contributed by atoms with E-state index in [1.807, 2.05) is 6.07 Å². The largest absolute Gasteiger partial charge is 0.353 e. The molecule has 1 amide bonds. The summed E-state index contributed by atoms with van der Waals surface area (Å²) >= 11 is 0. The molecule has 1 aromatic carbocycles. The molecule has 0 saturated carbocycles. The van der Waals surface area contributed by atoms with Crippen LogP contribution in [0.15, 0.2) is 36.4 Å². The molecule has 1 fully saturated rings. The fourth-order valence-electron chi connectivity index (χ4n) is 2.60. The summed E-state index contributed by atoms with van der Waals surface area (Å²) in [5.74, 6) is 0.468. The zero-order valence-electron chi connectivity index (χ0n) is 13.6. The van der Waals surface area contributed by atoms with E-state index in [1.54, 1.807) is 24.3 Å². The number of halogens is 1. The Bertz CT molecular complexity index is 698. The van der Waals surface area contributed by atoms with Gasteiger partial charge in [0.2, 0.25) is 5.91 Å². The van der Waals surface area contributed by atoms with Crippen LogP contribution in [0.1, 0.15) is 5.56 Å². The van der Waals surface area contributed by atoms with Crippen molar-refractivity contribution in [2.75, 3.05) is 43.4 Å². The molecule has 24 heavy (non-hydrogen) atoms. The number of nitrogens with zero attached hydrogens (tertiary/aromatic N) is 4. The van der Waals surface area contributed by atoms with Crippen molar-refractivity contribution in [3.8, 4) is 0 Å². The van der Waals surface area contributed by atoms with Crippen molar-refractivity contribution in [1.82, 2.24) is 15.1 Å². The minimum atomic E-state index is -0.385. The number of piperazine rings is 1. The van der Waals surface area contributed by atoms with Crippen LogP contribution in [0, 0.1) is 5.82 Å². The van der Waals surface area contributed by atoms with E-state index in [4.69, 9.17) is 0 Å². The third-order valence-corrected chi connectivity index (χ3v) is 4.05. The lowest BCUT2D eigenvalue weighted by Crippen LogP contribution is -2.44. The Balaban J connectivity index is 1.58. The summed E-state index contributed by atoms with van der Waals surface area (Å²) in [6, 6.07) is 9.80. The Morgan fingerprint density at radius 1 is 1.12 bits per heavy atom. The van der Waals surface area contributed by atoms with E-state index in [9.17, 15) is 9.18 Å². The van der Waals surface area contributed by atoms with Crippen LogP contribution in [0.4, 0.5) is 16.0 Å². The van der Waals surface area contributed by atoms with Crippen molar-refractivity contribution >= 4 is 17.5 Å². The van der Waals surface area contributed by atoms with E-state index in [2.05, 4.69) is 32.4 Å². The number of likely N-dealkylation sites (N-methyl/N-ethyl adjacent to an activating group) is 1. The zero-order chi connectivity index (χ0) is 16.9. The minimum Gasteiger partial charge on any atom is -0.353 e. The predicted octanol–water partition coefficient (Wildman–Crippen LogP) is 1.55. The standard InChI is InChI=1S/C17H20FN5O/c1-22-8-10-23(11-9-22)16-7-6-15(20-21-16)19-17(24)12-13-4-2-3-5-14(13)18/h2-7H,8-12H2,1H3,(H,19,20,24). The number of rotatable bonds is 4. The van der Waals surface area contributed by atoms with Crippen LogP contribution in [-0.2, 0) is 11.2 Å². The Morgan fingerprint density at radius 3 is 2.54 bits per heavy atom. The maximum Gasteiger partial charge on any atom is 0.230 e. The van der Waals surface area contributed by atoms with Gasteiger partial charge in [-0.3, -0.25) is 4.79 Å². The van der Waals surface area contributed by atoms with E-state index < -0.39 is 0 Å². The number of aromatic nitrogens is 2. The van der Waals surface area contributed by atoms with Gasteiger partial charge in [0.1, 0.15) is 5.82 Å². The van der Waals surface area contributed by atoms with Crippen molar-refractivity contribution < 1.29 is 9.18 Å². The summed E-state index contributed by atoms with van der Waals surface area (Å²) in [7, 11) is 2.09. The quantitative estimate of drug-likeness (QED) is 0.922. The van der Waals surface area contributed by atoms with Crippen molar-refractivity contribution in [2.24, 2.45) is 0 Å². The molecular weight excluding hydrogens is 309 g/mol. The first-order chi connectivity index (χ1) is 11.6. The normalized spacial score (nSPS) is 15.3. The molecule has 2 aromatic rings. The molecule has 0 spiro atoms. The average molecular weight is 329 g/mol. The number of anilines is 2. The molecule has 0 atom stereocenters. The fourth-order valence-corrected chi connectivity index (χ4v) is 2.60. The first-order valence-corrected chi connectivity index (χ1v) is 7.92. The van der Waals surface area contributed by atoms with Gasteiger partial charge in [0.05, 0.1) is 6.42 Å². The zero-order valence-corrected chi connectivity index (χ0v) is 13.6. The van der Waals surface area contributed by atoms with Crippen molar-refractivity contribution in [2.45, 2.75) is 6.42 Å². The third-order valence-electron chi connectivity index (χ3n) is 4.05. The van der Waals surface area contributed by atoms with Crippen LogP contribution in [-0.4, -0.2) is 54.2 Å². The lowest BCUT2D eigenvalue weighted by atomic mass is 10.1. The molecule has 1 aromatic heterocycles. The Morgan fingerprint density at radius 2 is 1.88 bits per heavy atom. The minimum absolute atomic E-state index is 0.0332. The van der Waals surface area contributed by atoms with Gasteiger partial charge in [-0.25, -0.2) is 4.39 Å². The van der Waals surface area contributed by atoms with Crippen molar-refractivity contribution in [3.05, 3.63) is 47.8 Å². The molecule has 1 aliphatic rings. The molecule has 7 heteroatoms. The molecule has 1 aliphatic heterocycles. The maximum atomic E-state index is 13.6. The second-order valence-corrected chi connectivity index (χ2v) is 5.88. The first-order valence-electron chi connectivity index (χ1n) is 7.92. The Labute approximate surface area is 140 Å². The molecule has 1 N–H and O–H groups in total. The van der Waals surface area contributed by atoms with E-state index >= 15 is 0 Å². The summed E-state index contributed by atoms with van der Waals surface area (Å²) in [4.78, 5) is 16.4. The summed E-state index contributed by atoms with van der Waals surface area (Å²) in [6.45, 7) is 3.79. The summed E-state index contributed by atoms with van der Waals surface area (Å²) in [6.07, 6.45) is -0.0332. The Hall–Kier alpha value is -2.54. The highest BCUT2D eigenvalue weighted by atomic mass is 19.1. The van der Waals surface area contributed by atoms with Crippen molar-refractivity contribution in [3.63, 3.8) is 0 Å². The van der Waals surface area contributed by atoms with Gasteiger partial charge in [0.25, 0.3) is 0 Å². The van der Waals surface area contributed by atoms with Gasteiger partial charge in [0, 0.05) is 26.2 Å². The van der Waals surface area contributed by atoms with Gasteiger partial charge in [-0.2, -0.15) is 0 Å². The lowest BCUT2D eigenvalue weighted by molar-refractivity contribution is -0.115. The van der Waals surface area contributed by atoms with Crippen LogP contribution in [0.2, 0.25) is 0 Å². The van der Waals surface area contributed by atoms with E-state index in [0.29, 0.717) is 11.4 Å². The molecule has 3 rings (SSSR count). The van der Waals surface area contributed by atoms with Gasteiger partial charge in [-0.15, -0.1) is 10.2 Å². The topological polar surface area (TPSA) is 61.4 Å². The first kappa shape index (κ1) is 16.3. The van der Waals surface area contributed by atoms with E-state index in [1.165, 1.54) is 6.07 Å². The van der Waals surface area contributed by atoms with Crippen LogP contribution in [0.25, 0.3) is 0 Å². The van der Waals surface area contributed by atoms with Gasteiger partial charge in [-0.05, 0) is 30.8 Å². The lowest BCUT2D eigenvalue weighted by Gasteiger charge is -2.32. The van der Waals surface area contributed by atoms with Crippen LogP contribution >= 0.6 is 0 Å². The fraction of sp³-hybridized carbons (Fsp3) is 0.353. The smallest absolute Gasteiger partial charge is 0.230 e. The monoisotopic (exact) mass is 329 g/mol. The highest BCUT2D eigenvalue weighted by Gasteiger charge is 2.16. The molecule has 0 aliphatic carbocycles. The second-order valence-electron chi connectivity index (χ2n) is 5.88. The number of amides is 1. The van der Waals surface area contributed by atoms with Gasteiger partial charge in [0.15, 0.2) is 11.6 Å². The molecule has 0 bridgehead atoms. The average Bonchev–Trinajstić information content (AvgIpc) is 2.58. The predicted molar refractivity (Wildman–Crippen MR) is 90.5 cm³/mol. The van der Waals surface area contributed by atoms with Crippen LogP contribution in [0.5, 0.6) is 0 Å². The summed E-state index contributed by atoms with van der Waals surface area (Å²) in [5, 5.41) is 10.9. The molecular formula is C17H20FN5O. The Kier molecular flexibility index (Phi) is 5.00. The summed E-state index contributed by atoms with van der Waals surface area (Å²) < 4.78 is 13.6. The van der Waals surface area contributed by atoms with E-state index in [-0.39, 0.29) is 18.1 Å². The molecule has 126 valence electrons. The molecule has 6 nitrogen and oxygen atoms in total. The van der Waals surface area contributed by atoms with Gasteiger partial charge >= 0.3 is 0 Å². The molecule has 1 saturated heterocycles. The number of hydrogen-bond acceptors (Lipinski definition) is 5. The molecule has 0 unspecified atom stereocenters. The van der Waals surface area contributed by atoms with Crippen molar-refractivity contribution in [1.29, 1.82) is 0 Å². The molecule has 2 heterocycles. The maximum absolute atomic E-state index is 13.6. The number of benzene rings is 1. The van der Waals surface area contributed by atoms with E-state index in [0.717, 1.165) is 32.0 Å². The number of carbonyl (C=O) groups is 1. The number of carbonyl (C=O) groups excluding carboxylic acids is 1. The van der Waals surface area contributed by atoms with Gasteiger partial charge < -0.3 is 15.1 Å². The summed E-state index contributed by atoms with van der Waals surface area (Å²) in [5.41, 5.74) is 0.358. The highest BCUT2D eigenvalue weighted by molar-refractivity contribution is 5.91. The number of hydrogen-bond donors (Lipinski definition) is 1. The second kappa shape index (κ2) is 7.35. The van der Waals surface area contributed by atoms with Crippen LogP contribution < -0.4 is 10.2 Å². The number of nitrogens with one attached hydrogen (secondary N) is 1.